The number of aliphatic hydroxyl groups excluding tert-OH is 1. The van der Waals surface area contributed by atoms with Crippen LogP contribution in [-0.4, -0.2) is 17.6 Å². The second kappa shape index (κ2) is 7.07. The summed E-state index contributed by atoms with van der Waals surface area (Å²) in [6.45, 7) is 3.98. The third-order valence-electron chi connectivity index (χ3n) is 3.00. The molecule has 0 heterocycles. The van der Waals surface area contributed by atoms with Gasteiger partial charge in [-0.3, -0.25) is 4.79 Å². The van der Waals surface area contributed by atoms with Gasteiger partial charge in [0.2, 0.25) is 5.91 Å². The van der Waals surface area contributed by atoms with Crippen LogP contribution in [0.3, 0.4) is 0 Å². The zero-order valence-electron chi connectivity index (χ0n) is 10.5. The van der Waals surface area contributed by atoms with E-state index in [-0.39, 0.29) is 24.5 Å². The molecule has 2 N–H and O–H groups in total. The Kier molecular flexibility index (Phi) is 5.70. The van der Waals surface area contributed by atoms with E-state index in [0.29, 0.717) is 6.42 Å². The number of hydrogen-bond donors (Lipinski definition) is 2. The molecule has 0 saturated carbocycles. The van der Waals surface area contributed by atoms with Gasteiger partial charge >= 0.3 is 0 Å². The largest absolute Gasteiger partial charge is 0.396 e. The maximum atomic E-state index is 11.8. The minimum absolute atomic E-state index is 0.0138. The Morgan fingerprint density at radius 1 is 1.35 bits per heavy atom. The van der Waals surface area contributed by atoms with Crippen molar-refractivity contribution in [1.82, 2.24) is 5.32 Å². The van der Waals surface area contributed by atoms with Gasteiger partial charge in [0.15, 0.2) is 0 Å². The molecule has 0 aromatic heterocycles. The normalized spacial score (nSPS) is 14.1. The SMILES string of the molecule is CCC(C)C(=O)N[C@H](CCO)c1ccccc1. The molecule has 0 radical (unpaired) electrons. The highest BCUT2D eigenvalue weighted by molar-refractivity contribution is 5.78. The molecule has 3 heteroatoms. The number of aliphatic hydroxyl groups is 1. The Morgan fingerprint density at radius 2 is 2.00 bits per heavy atom. The molecule has 1 amide bonds. The van der Waals surface area contributed by atoms with E-state index in [9.17, 15) is 4.79 Å². The van der Waals surface area contributed by atoms with Gasteiger partial charge in [0.25, 0.3) is 0 Å². The van der Waals surface area contributed by atoms with Crippen molar-refractivity contribution in [1.29, 1.82) is 0 Å². The first-order valence-corrected chi connectivity index (χ1v) is 6.15. The molecule has 0 bridgehead atoms. The van der Waals surface area contributed by atoms with Gasteiger partial charge in [0, 0.05) is 12.5 Å². The lowest BCUT2D eigenvalue weighted by Crippen LogP contribution is -2.33. The summed E-state index contributed by atoms with van der Waals surface area (Å²) in [5.41, 5.74) is 1.04. The molecule has 0 aliphatic heterocycles. The van der Waals surface area contributed by atoms with Crippen LogP contribution in [0.5, 0.6) is 0 Å². The Morgan fingerprint density at radius 3 is 2.53 bits per heavy atom. The van der Waals surface area contributed by atoms with Crippen LogP contribution in [0.4, 0.5) is 0 Å². The summed E-state index contributed by atoms with van der Waals surface area (Å²) in [6, 6.07) is 9.66. The van der Waals surface area contributed by atoms with Gasteiger partial charge in [-0.15, -0.1) is 0 Å². The summed E-state index contributed by atoms with van der Waals surface area (Å²) >= 11 is 0. The van der Waals surface area contributed by atoms with Crippen molar-refractivity contribution in [3.8, 4) is 0 Å². The first-order valence-electron chi connectivity index (χ1n) is 6.15. The Bertz CT molecular complexity index is 337. The fourth-order valence-electron chi connectivity index (χ4n) is 1.64. The van der Waals surface area contributed by atoms with Gasteiger partial charge in [-0.05, 0) is 18.4 Å². The molecule has 0 aliphatic rings. The van der Waals surface area contributed by atoms with Crippen LogP contribution >= 0.6 is 0 Å². The Labute approximate surface area is 103 Å². The molecule has 1 aromatic carbocycles. The predicted octanol–water partition coefficient (Wildman–Crippen LogP) is 2.27. The molecule has 1 rings (SSSR count). The number of benzene rings is 1. The van der Waals surface area contributed by atoms with Crippen molar-refractivity contribution < 1.29 is 9.90 Å². The van der Waals surface area contributed by atoms with Crippen molar-refractivity contribution in [3.63, 3.8) is 0 Å². The van der Waals surface area contributed by atoms with Crippen LogP contribution in [-0.2, 0) is 4.79 Å². The summed E-state index contributed by atoms with van der Waals surface area (Å²) < 4.78 is 0. The number of nitrogens with one attached hydrogen (secondary N) is 1. The first kappa shape index (κ1) is 13.7. The van der Waals surface area contributed by atoms with Crippen molar-refractivity contribution in [2.75, 3.05) is 6.61 Å². The standard InChI is InChI=1S/C14H21NO2/c1-3-11(2)14(17)15-13(9-10-16)12-7-5-4-6-8-12/h4-8,11,13,16H,3,9-10H2,1-2H3,(H,15,17)/t11?,13-/m1/s1. The molecule has 0 spiro atoms. The van der Waals surface area contributed by atoms with E-state index in [1.165, 1.54) is 0 Å². The van der Waals surface area contributed by atoms with Crippen LogP contribution in [0.25, 0.3) is 0 Å². The molecule has 0 aliphatic carbocycles. The minimum atomic E-state index is -0.0947. The minimum Gasteiger partial charge on any atom is -0.396 e. The van der Waals surface area contributed by atoms with E-state index < -0.39 is 0 Å². The molecule has 94 valence electrons. The Balaban J connectivity index is 2.70. The quantitative estimate of drug-likeness (QED) is 0.794. The van der Waals surface area contributed by atoms with Crippen LogP contribution in [0, 0.1) is 5.92 Å². The van der Waals surface area contributed by atoms with Gasteiger partial charge in [-0.1, -0.05) is 44.2 Å². The number of carbonyl (C=O) groups is 1. The van der Waals surface area contributed by atoms with Gasteiger partial charge in [0.1, 0.15) is 0 Å². The van der Waals surface area contributed by atoms with E-state index in [2.05, 4.69) is 5.32 Å². The topological polar surface area (TPSA) is 49.3 Å². The van der Waals surface area contributed by atoms with E-state index >= 15 is 0 Å². The van der Waals surface area contributed by atoms with Gasteiger partial charge in [-0.25, -0.2) is 0 Å². The first-order chi connectivity index (χ1) is 8.19. The zero-order valence-corrected chi connectivity index (χ0v) is 10.5. The summed E-state index contributed by atoms with van der Waals surface area (Å²) in [6.07, 6.45) is 1.37. The third-order valence-corrected chi connectivity index (χ3v) is 3.00. The third kappa shape index (κ3) is 4.19. The maximum absolute atomic E-state index is 11.8. The van der Waals surface area contributed by atoms with Crippen LogP contribution in [0.2, 0.25) is 0 Å². The maximum Gasteiger partial charge on any atom is 0.223 e. The molecule has 2 atom stereocenters. The highest BCUT2D eigenvalue weighted by Crippen LogP contribution is 2.17. The molecule has 1 aromatic rings. The van der Waals surface area contributed by atoms with E-state index in [0.717, 1.165) is 12.0 Å². The van der Waals surface area contributed by atoms with Crippen LogP contribution in [0.1, 0.15) is 38.3 Å². The zero-order chi connectivity index (χ0) is 12.7. The predicted molar refractivity (Wildman–Crippen MR) is 68.5 cm³/mol. The number of hydrogen-bond acceptors (Lipinski definition) is 2. The van der Waals surface area contributed by atoms with Crippen LogP contribution < -0.4 is 5.32 Å². The smallest absolute Gasteiger partial charge is 0.223 e. The lowest BCUT2D eigenvalue weighted by atomic mass is 10.0. The fraction of sp³-hybridized carbons (Fsp3) is 0.500. The van der Waals surface area contributed by atoms with Crippen molar-refractivity contribution in [2.45, 2.75) is 32.7 Å². The lowest BCUT2D eigenvalue weighted by Gasteiger charge is -2.20. The van der Waals surface area contributed by atoms with Crippen LogP contribution in [0.15, 0.2) is 30.3 Å². The van der Waals surface area contributed by atoms with E-state index in [1.807, 2.05) is 44.2 Å². The number of rotatable bonds is 6. The molecule has 3 nitrogen and oxygen atoms in total. The lowest BCUT2D eigenvalue weighted by molar-refractivity contribution is -0.125. The monoisotopic (exact) mass is 235 g/mol. The van der Waals surface area contributed by atoms with Crippen molar-refractivity contribution >= 4 is 5.91 Å². The molecular formula is C14H21NO2. The number of carbonyl (C=O) groups excluding carboxylic acids is 1. The second-order valence-corrected chi connectivity index (χ2v) is 4.29. The highest BCUT2D eigenvalue weighted by Gasteiger charge is 2.17. The molecule has 1 unspecified atom stereocenters. The average molecular weight is 235 g/mol. The molecular weight excluding hydrogens is 214 g/mol. The number of amides is 1. The summed E-state index contributed by atoms with van der Waals surface area (Å²) in [7, 11) is 0. The second-order valence-electron chi connectivity index (χ2n) is 4.29. The van der Waals surface area contributed by atoms with Gasteiger partial charge in [0.05, 0.1) is 6.04 Å². The Hall–Kier alpha value is -1.35. The summed E-state index contributed by atoms with van der Waals surface area (Å²) in [5, 5.41) is 12.0. The molecule has 17 heavy (non-hydrogen) atoms. The van der Waals surface area contributed by atoms with Crippen molar-refractivity contribution in [2.24, 2.45) is 5.92 Å². The van der Waals surface area contributed by atoms with E-state index in [4.69, 9.17) is 5.11 Å². The molecule has 0 saturated heterocycles. The van der Waals surface area contributed by atoms with Gasteiger partial charge in [-0.2, -0.15) is 0 Å². The van der Waals surface area contributed by atoms with E-state index in [1.54, 1.807) is 0 Å². The summed E-state index contributed by atoms with van der Waals surface area (Å²) in [5.74, 6) is 0.0645. The molecule has 0 fully saturated rings. The van der Waals surface area contributed by atoms with Gasteiger partial charge < -0.3 is 10.4 Å². The average Bonchev–Trinajstić information content (AvgIpc) is 2.38. The fourth-order valence-corrected chi connectivity index (χ4v) is 1.64. The summed E-state index contributed by atoms with van der Waals surface area (Å²) in [4.78, 5) is 11.8. The van der Waals surface area contributed by atoms with Crippen molar-refractivity contribution in [3.05, 3.63) is 35.9 Å². The highest BCUT2D eigenvalue weighted by atomic mass is 16.3.